The molecule has 1 amide bonds. The van der Waals surface area contributed by atoms with Gasteiger partial charge in [-0.15, -0.1) is 0 Å². The van der Waals surface area contributed by atoms with Gasteiger partial charge in [-0.2, -0.15) is 0 Å². The smallest absolute Gasteiger partial charge is 0.407 e. The monoisotopic (exact) mass is 415 g/mol. The topological polar surface area (TPSA) is 38.3 Å². The molecular weight excluding hydrogens is 394 g/mol. The van der Waals surface area contributed by atoms with Crippen molar-refractivity contribution in [3.8, 4) is 23.0 Å². The summed E-state index contributed by atoms with van der Waals surface area (Å²) in [4.78, 5) is 12.2. The van der Waals surface area contributed by atoms with E-state index < -0.39 is 6.09 Å². The molecule has 0 heterocycles. The van der Waals surface area contributed by atoms with Gasteiger partial charge in [-0.25, -0.2) is 4.79 Å². The van der Waals surface area contributed by atoms with E-state index in [9.17, 15) is 4.79 Å². The van der Waals surface area contributed by atoms with Crippen molar-refractivity contribution in [2.24, 2.45) is 0 Å². The van der Waals surface area contributed by atoms with E-state index in [-0.39, 0.29) is 5.92 Å². The van der Waals surface area contributed by atoms with E-state index >= 15 is 0 Å². The Morgan fingerprint density at radius 3 is 2.37 bits per heavy atom. The summed E-state index contributed by atoms with van der Waals surface area (Å²) in [7, 11) is 0. The van der Waals surface area contributed by atoms with Gasteiger partial charge in [0, 0.05) is 24.4 Å². The molecule has 0 spiro atoms. The van der Waals surface area contributed by atoms with Crippen molar-refractivity contribution < 1.29 is 9.53 Å². The van der Waals surface area contributed by atoms with Gasteiger partial charge >= 0.3 is 6.09 Å². The average molecular weight is 416 g/mol. The molecule has 3 aromatic rings. The number of hydrogen-bond donors (Lipinski definition) is 1. The molecule has 4 rings (SSSR count). The maximum Gasteiger partial charge on any atom is 0.407 e. The van der Waals surface area contributed by atoms with Gasteiger partial charge in [-0.05, 0) is 40.8 Å². The molecule has 0 bridgehead atoms. The molecule has 3 nitrogen and oxygen atoms in total. The van der Waals surface area contributed by atoms with Crippen molar-refractivity contribution in [1.29, 1.82) is 0 Å². The zero-order valence-electron chi connectivity index (χ0n) is 16.7. The number of carbonyl (C=O) groups excluding carboxylic acids is 1. The van der Waals surface area contributed by atoms with Crippen LogP contribution in [0.2, 0.25) is 5.02 Å². The minimum Gasteiger partial charge on any atom is -0.449 e. The minimum atomic E-state index is -0.424. The average Bonchev–Trinajstić information content (AvgIpc) is 3.09. The summed E-state index contributed by atoms with van der Waals surface area (Å²) < 4.78 is 5.52. The first-order valence-corrected chi connectivity index (χ1v) is 10.4. The van der Waals surface area contributed by atoms with Gasteiger partial charge in [0.1, 0.15) is 6.61 Å². The van der Waals surface area contributed by atoms with Crippen molar-refractivity contribution in [1.82, 2.24) is 5.32 Å². The van der Waals surface area contributed by atoms with E-state index in [1.807, 2.05) is 49.4 Å². The highest BCUT2D eigenvalue weighted by Crippen LogP contribution is 2.44. The number of rotatable bonds is 4. The predicted molar refractivity (Wildman–Crippen MR) is 121 cm³/mol. The molecule has 30 heavy (non-hydrogen) atoms. The molecule has 0 atom stereocenters. The fourth-order valence-electron chi connectivity index (χ4n) is 3.78. The van der Waals surface area contributed by atoms with Crippen LogP contribution < -0.4 is 5.32 Å². The normalized spacial score (nSPS) is 11.8. The standard InChI is InChI=1S/C26H22ClNO2/c1-18-9-8-11-19(25(18)27)10-6-7-16-28-26(29)30-17-24-22-14-4-2-12-20(22)21-13-3-5-15-23(21)24/h2-5,8-9,11-15,24H,7,16-17H2,1H3,(H,28,29). The SMILES string of the molecule is Cc1cccc(C#CCCNC(=O)OCC2c3ccccc3-c3ccccc32)c1Cl. The Morgan fingerprint density at radius 1 is 1.00 bits per heavy atom. The van der Waals surface area contributed by atoms with Gasteiger partial charge in [-0.3, -0.25) is 0 Å². The molecule has 0 fully saturated rings. The number of halogens is 1. The first kappa shape index (κ1) is 20.1. The first-order chi connectivity index (χ1) is 14.6. The summed E-state index contributed by atoms with van der Waals surface area (Å²) >= 11 is 6.24. The number of ether oxygens (including phenoxy) is 1. The van der Waals surface area contributed by atoms with Gasteiger partial charge in [0.05, 0.1) is 5.02 Å². The van der Waals surface area contributed by atoms with Crippen LogP contribution in [0.25, 0.3) is 11.1 Å². The van der Waals surface area contributed by atoms with Crippen LogP contribution in [0.15, 0.2) is 66.7 Å². The zero-order chi connectivity index (χ0) is 20.9. The largest absolute Gasteiger partial charge is 0.449 e. The molecule has 1 N–H and O–H groups in total. The van der Waals surface area contributed by atoms with E-state index in [0.717, 1.165) is 11.1 Å². The second-order valence-corrected chi connectivity index (χ2v) is 7.62. The van der Waals surface area contributed by atoms with E-state index in [1.165, 1.54) is 22.3 Å². The third-order valence-electron chi connectivity index (χ3n) is 5.28. The van der Waals surface area contributed by atoms with Gasteiger partial charge < -0.3 is 10.1 Å². The summed E-state index contributed by atoms with van der Waals surface area (Å²) in [5.74, 6) is 6.16. The highest BCUT2D eigenvalue weighted by Gasteiger charge is 2.28. The van der Waals surface area contributed by atoms with Crippen LogP contribution in [-0.4, -0.2) is 19.2 Å². The van der Waals surface area contributed by atoms with Crippen LogP contribution in [0.1, 0.15) is 34.6 Å². The number of benzene rings is 3. The Labute approximate surface area is 182 Å². The Hall–Kier alpha value is -3.22. The third-order valence-corrected chi connectivity index (χ3v) is 5.78. The maximum atomic E-state index is 12.2. The van der Waals surface area contributed by atoms with Crippen LogP contribution in [0.3, 0.4) is 0 Å². The van der Waals surface area contributed by atoms with Crippen LogP contribution in [0, 0.1) is 18.8 Å². The van der Waals surface area contributed by atoms with Crippen molar-refractivity contribution in [2.45, 2.75) is 19.3 Å². The fraction of sp³-hybridized carbons (Fsp3) is 0.192. The summed E-state index contributed by atoms with van der Waals surface area (Å²) in [5.41, 5.74) is 6.64. The Morgan fingerprint density at radius 2 is 1.67 bits per heavy atom. The van der Waals surface area contributed by atoms with Gasteiger partial charge in [-0.1, -0.05) is 84.1 Å². The fourth-order valence-corrected chi connectivity index (χ4v) is 3.95. The van der Waals surface area contributed by atoms with E-state index in [1.54, 1.807) is 0 Å². The predicted octanol–water partition coefficient (Wildman–Crippen LogP) is 5.93. The van der Waals surface area contributed by atoms with Crippen LogP contribution in [0.5, 0.6) is 0 Å². The van der Waals surface area contributed by atoms with Crippen LogP contribution in [0.4, 0.5) is 4.79 Å². The lowest BCUT2D eigenvalue weighted by Crippen LogP contribution is -2.26. The first-order valence-electron chi connectivity index (χ1n) is 9.98. The summed E-state index contributed by atoms with van der Waals surface area (Å²) in [6.45, 7) is 2.68. The second-order valence-electron chi connectivity index (χ2n) is 7.24. The molecule has 0 unspecified atom stereocenters. The summed E-state index contributed by atoms with van der Waals surface area (Å²) in [5, 5.41) is 3.45. The minimum absolute atomic E-state index is 0.0615. The number of fused-ring (bicyclic) bond motifs is 3. The zero-order valence-corrected chi connectivity index (χ0v) is 17.5. The molecule has 0 radical (unpaired) electrons. The molecule has 3 aromatic carbocycles. The molecule has 1 aliphatic rings. The Balaban J connectivity index is 1.30. The molecule has 0 aromatic heterocycles. The van der Waals surface area contributed by atoms with Crippen molar-refractivity contribution >= 4 is 17.7 Å². The molecule has 1 aliphatic carbocycles. The number of alkyl carbamates (subject to hydrolysis) is 1. The van der Waals surface area contributed by atoms with Gasteiger partial charge in [0.15, 0.2) is 0 Å². The second kappa shape index (κ2) is 9.07. The molecule has 4 heteroatoms. The van der Waals surface area contributed by atoms with Gasteiger partial charge in [0.25, 0.3) is 0 Å². The van der Waals surface area contributed by atoms with Gasteiger partial charge in [0.2, 0.25) is 0 Å². The number of amides is 1. The molecule has 0 saturated heterocycles. The highest BCUT2D eigenvalue weighted by atomic mass is 35.5. The Bertz CT molecular complexity index is 1100. The molecule has 0 aliphatic heterocycles. The lowest BCUT2D eigenvalue weighted by Gasteiger charge is -2.14. The number of hydrogen-bond acceptors (Lipinski definition) is 2. The van der Waals surface area contributed by atoms with E-state index in [0.29, 0.717) is 24.6 Å². The van der Waals surface area contributed by atoms with Crippen molar-refractivity contribution in [2.75, 3.05) is 13.2 Å². The summed E-state index contributed by atoms with van der Waals surface area (Å²) in [6, 6.07) is 22.3. The van der Waals surface area contributed by atoms with Crippen molar-refractivity contribution in [3.05, 3.63) is 94.0 Å². The maximum absolute atomic E-state index is 12.2. The molecule has 0 saturated carbocycles. The van der Waals surface area contributed by atoms with Crippen LogP contribution >= 0.6 is 11.6 Å². The van der Waals surface area contributed by atoms with E-state index in [2.05, 4.69) is 41.4 Å². The lowest BCUT2D eigenvalue weighted by molar-refractivity contribution is 0.143. The molecular formula is C26H22ClNO2. The number of carbonyl (C=O) groups is 1. The van der Waals surface area contributed by atoms with E-state index in [4.69, 9.17) is 16.3 Å². The third kappa shape index (κ3) is 4.20. The Kier molecular flexibility index (Phi) is 6.07. The molecule has 150 valence electrons. The van der Waals surface area contributed by atoms with Crippen LogP contribution in [-0.2, 0) is 4.74 Å². The lowest BCUT2D eigenvalue weighted by atomic mass is 9.98. The van der Waals surface area contributed by atoms with Crippen molar-refractivity contribution in [3.63, 3.8) is 0 Å². The summed E-state index contributed by atoms with van der Waals surface area (Å²) in [6.07, 6.45) is 0.0984. The quantitative estimate of drug-likeness (QED) is 0.423. The highest BCUT2D eigenvalue weighted by molar-refractivity contribution is 6.32. The number of nitrogens with one attached hydrogen (secondary N) is 1. The number of aryl methyl sites for hydroxylation is 1.